The number of benzene rings is 2. The van der Waals surface area contributed by atoms with Crippen molar-refractivity contribution in [3.8, 4) is 11.5 Å². The van der Waals surface area contributed by atoms with Crippen LogP contribution in [0.5, 0.6) is 11.5 Å². The number of carbonyl (C=O) groups excluding carboxylic acids is 3. The highest BCUT2D eigenvalue weighted by atomic mass is 35.5. The quantitative estimate of drug-likeness (QED) is 0.355. The van der Waals surface area contributed by atoms with Gasteiger partial charge in [-0.15, -0.1) is 0 Å². The summed E-state index contributed by atoms with van der Waals surface area (Å²) in [5.74, 6) is -0.635. The minimum absolute atomic E-state index is 0.0455. The van der Waals surface area contributed by atoms with Gasteiger partial charge >= 0.3 is 0 Å². The first-order chi connectivity index (χ1) is 19.9. The lowest BCUT2D eigenvalue weighted by Crippen LogP contribution is -2.60. The SMILES string of the molecule is CC(C)[C@H]1NC(=O)[C@@H](Cc2ccc(O)c(Cl)c2)N[C@@H](C)COc2ccccc2CCCNC(=O)[C@H](CN(C)C)NC1=O. The van der Waals surface area contributed by atoms with E-state index in [1.165, 1.54) is 6.07 Å². The standard InChI is InChI=1S/C31H44ClN5O5/c1-19(2)28-31(41)35-25(17-37(4)5)29(39)33-14-8-10-22-9-6-7-11-27(22)42-18-20(3)34-24(30(40)36-28)16-21-12-13-26(38)23(32)15-21/h6-7,9,11-13,15,19-20,24-25,28,34,38H,8,10,14,16-18H2,1-5H3,(H,33,39)(H,35,41)(H,36,40)/t20-,24+,25-,28+/m0/s1. The molecule has 230 valence electrons. The lowest BCUT2D eigenvalue weighted by atomic mass is 10.00. The van der Waals surface area contributed by atoms with Crippen molar-refractivity contribution in [2.45, 2.75) is 64.2 Å². The van der Waals surface area contributed by atoms with Crippen LogP contribution in [0, 0.1) is 5.92 Å². The number of phenolic OH excluding ortho intramolecular Hbond substituents is 1. The largest absolute Gasteiger partial charge is 0.506 e. The number of ether oxygens (including phenoxy) is 1. The van der Waals surface area contributed by atoms with Gasteiger partial charge in [-0.25, -0.2) is 0 Å². The molecule has 0 saturated heterocycles. The van der Waals surface area contributed by atoms with Crippen molar-refractivity contribution in [2.24, 2.45) is 5.92 Å². The van der Waals surface area contributed by atoms with E-state index in [0.717, 1.165) is 16.9 Å². The molecular weight excluding hydrogens is 558 g/mol. The predicted octanol–water partition coefficient (Wildman–Crippen LogP) is 2.26. The van der Waals surface area contributed by atoms with Gasteiger partial charge in [-0.1, -0.05) is 49.7 Å². The molecule has 4 atom stereocenters. The van der Waals surface area contributed by atoms with Crippen LogP contribution in [0.15, 0.2) is 42.5 Å². The molecule has 42 heavy (non-hydrogen) atoms. The molecule has 0 unspecified atom stereocenters. The van der Waals surface area contributed by atoms with Gasteiger partial charge in [-0.05, 0) is 75.5 Å². The molecule has 11 heteroatoms. The van der Waals surface area contributed by atoms with Crippen molar-refractivity contribution in [1.82, 2.24) is 26.2 Å². The Morgan fingerprint density at radius 3 is 2.45 bits per heavy atom. The van der Waals surface area contributed by atoms with E-state index in [-0.39, 0.29) is 41.0 Å². The molecule has 3 rings (SSSR count). The van der Waals surface area contributed by atoms with E-state index in [2.05, 4.69) is 21.3 Å². The molecule has 0 spiro atoms. The average molecular weight is 602 g/mol. The maximum atomic E-state index is 13.7. The average Bonchev–Trinajstić information content (AvgIpc) is 2.93. The van der Waals surface area contributed by atoms with Gasteiger partial charge in [0.2, 0.25) is 17.7 Å². The Balaban J connectivity index is 1.92. The summed E-state index contributed by atoms with van der Waals surface area (Å²) in [6, 6.07) is 9.94. The topological polar surface area (TPSA) is 132 Å². The van der Waals surface area contributed by atoms with Crippen molar-refractivity contribution in [3.05, 3.63) is 58.6 Å². The predicted molar refractivity (Wildman–Crippen MR) is 164 cm³/mol. The third-order valence-electron chi connectivity index (χ3n) is 7.07. The number of nitrogens with one attached hydrogen (secondary N) is 4. The number of likely N-dealkylation sites (N-methyl/N-ethyl adjacent to an activating group) is 1. The second-order valence-electron chi connectivity index (χ2n) is 11.5. The maximum absolute atomic E-state index is 13.7. The summed E-state index contributed by atoms with van der Waals surface area (Å²) in [4.78, 5) is 42.1. The van der Waals surface area contributed by atoms with Crippen LogP contribution in [0.2, 0.25) is 5.02 Å². The molecule has 1 aliphatic rings. The van der Waals surface area contributed by atoms with E-state index in [0.29, 0.717) is 32.5 Å². The van der Waals surface area contributed by atoms with E-state index in [9.17, 15) is 19.5 Å². The molecule has 0 aliphatic carbocycles. The molecule has 3 amide bonds. The fourth-order valence-electron chi connectivity index (χ4n) is 4.82. The molecule has 2 aromatic carbocycles. The summed E-state index contributed by atoms with van der Waals surface area (Å²) in [7, 11) is 3.66. The lowest BCUT2D eigenvalue weighted by molar-refractivity contribution is -0.133. The van der Waals surface area contributed by atoms with Crippen LogP contribution < -0.4 is 26.0 Å². The second kappa shape index (κ2) is 15.8. The number of rotatable bonds is 5. The lowest BCUT2D eigenvalue weighted by Gasteiger charge is -2.29. The molecule has 2 aromatic rings. The zero-order valence-electron chi connectivity index (χ0n) is 25.1. The van der Waals surface area contributed by atoms with E-state index in [4.69, 9.17) is 16.3 Å². The van der Waals surface area contributed by atoms with Crippen molar-refractivity contribution in [3.63, 3.8) is 0 Å². The molecule has 5 N–H and O–H groups in total. The van der Waals surface area contributed by atoms with Gasteiger partial charge in [-0.3, -0.25) is 19.7 Å². The smallest absolute Gasteiger partial charge is 0.243 e. The van der Waals surface area contributed by atoms with Gasteiger partial charge in [0.15, 0.2) is 0 Å². The monoisotopic (exact) mass is 601 g/mol. The molecule has 0 saturated carbocycles. The molecule has 1 heterocycles. The van der Waals surface area contributed by atoms with Gasteiger partial charge in [-0.2, -0.15) is 0 Å². The minimum Gasteiger partial charge on any atom is -0.506 e. The van der Waals surface area contributed by atoms with E-state index >= 15 is 0 Å². The summed E-state index contributed by atoms with van der Waals surface area (Å²) < 4.78 is 6.17. The number of nitrogens with zero attached hydrogens (tertiary/aromatic N) is 1. The highest BCUT2D eigenvalue weighted by Gasteiger charge is 2.32. The summed E-state index contributed by atoms with van der Waals surface area (Å²) >= 11 is 6.14. The number of para-hydroxylation sites is 1. The maximum Gasteiger partial charge on any atom is 0.243 e. The first-order valence-corrected chi connectivity index (χ1v) is 14.8. The fourth-order valence-corrected chi connectivity index (χ4v) is 5.02. The van der Waals surface area contributed by atoms with Crippen LogP contribution in [0.4, 0.5) is 0 Å². The van der Waals surface area contributed by atoms with Gasteiger partial charge in [0.1, 0.15) is 30.2 Å². The number of amides is 3. The Morgan fingerprint density at radius 2 is 1.76 bits per heavy atom. The summed E-state index contributed by atoms with van der Waals surface area (Å²) in [5.41, 5.74) is 1.75. The molecule has 0 bridgehead atoms. The van der Waals surface area contributed by atoms with Crippen LogP contribution in [0.25, 0.3) is 0 Å². The van der Waals surface area contributed by atoms with Crippen LogP contribution in [-0.2, 0) is 27.2 Å². The number of hydrogen-bond donors (Lipinski definition) is 5. The highest BCUT2D eigenvalue weighted by molar-refractivity contribution is 6.32. The number of aryl methyl sites for hydroxylation is 1. The van der Waals surface area contributed by atoms with Gasteiger partial charge in [0, 0.05) is 19.1 Å². The zero-order valence-corrected chi connectivity index (χ0v) is 25.8. The first kappa shape index (κ1) is 33.2. The molecular formula is C31H44ClN5O5. The summed E-state index contributed by atoms with van der Waals surface area (Å²) in [6.07, 6.45) is 1.65. The van der Waals surface area contributed by atoms with Crippen molar-refractivity contribution >= 4 is 29.3 Å². The third kappa shape index (κ3) is 9.89. The van der Waals surface area contributed by atoms with E-state index in [1.807, 2.05) is 64.0 Å². The number of carbonyl (C=O) groups is 3. The van der Waals surface area contributed by atoms with Crippen LogP contribution in [0.1, 0.15) is 38.3 Å². The normalized spacial score (nSPS) is 23.2. The Bertz CT molecular complexity index is 1220. The molecule has 0 aromatic heterocycles. The molecule has 10 nitrogen and oxygen atoms in total. The number of hydrogen-bond acceptors (Lipinski definition) is 7. The Labute approximate surface area is 253 Å². The van der Waals surface area contributed by atoms with Crippen molar-refractivity contribution < 1.29 is 24.2 Å². The Kier molecular flexibility index (Phi) is 12.4. The van der Waals surface area contributed by atoms with Gasteiger partial charge in [0.25, 0.3) is 0 Å². The van der Waals surface area contributed by atoms with Crippen LogP contribution in [0.3, 0.4) is 0 Å². The van der Waals surface area contributed by atoms with Crippen LogP contribution >= 0.6 is 11.6 Å². The molecule has 0 radical (unpaired) electrons. The van der Waals surface area contributed by atoms with Crippen LogP contribution in [-0.4, -0.2) is 85.7 Å². The van der Waals surface area contributed by atoms with E-state index in [1.54, 1.807) is 12.1 Å². The Hall–Kier alpha value is -3.34. The summed E-state index contributed by atoms with van der Waals surface area (Å²) in [6.45, 7) is 6.66. The molecule has 0 fully saturated rings. The van der Waals surface area contributed by atoms with Crippen molar-refractivity contribution in [1.29, 1.82) is 0 Å². The highest BCUT2D eigenvalue weighted by Crippen LogP contribution is 2.24. The summed E-state index contributed by atoms with van der Waals surface area (Å²) in [5, 5.41) is 22.1. The van der Waals surface area contributed by atoms with Gasteiger partial charge in [0.05, 0.1) is 11.1 Å². The number of halogens is 1. The first-order valence-electron chi connectivity index (χ1n) is 14.4. The molecule has 1 aliphatic heterocycles. The zero-order chi connectivity index (χ0) is 30.8. The Morgan fingerprint density at radius 1 is 1.02 bits per heavy atom. The second-order valence-corrected chi connectivity index (χ2v) is 11.9. The fraction of sp³-hybridized carbons (Fsp3) is 0.516. The van der Waals surface area contributed by atoms with Crippen molar-refractivity contribution in [2.75, 3.05) is 33.8 Å². The number of phenols is 1. The van der Waals surface area contributed by atoms with E-state index < -0.39 is 24.0 Å². The van der Waals surface area contributed by atoms with Gasteiger partial charge < -0.3 is 30.7 Å². The minimum atomic E-state index is -0.875. The number of fused-ring (bicyclic) bond motifs is 1. The number of aromatic hydroxyl groups is 1. The third-order valence-corrected chi connectivity index (χ3v) is 7.37.